The lowest BCUT2D eigenvalue weighted by molar-refractivity contribution is -0.384. The summed E-state index contributed by atoms with van der Waals surface area (Å²) in [7, 11) is 0. The van der Waals surface area contributed by atoms with E-state index in [4.69, 9.17) is 4.74 Å². The van der Waals surface area contributed by atoms with Gasteiger partial charge >= 0.3 is 0 Å². The second kappa shape index (κ2) is 9.66. The lowest BCUT2D eigenvalue weighted by atomic mass is 10.2. The fourth-order valence-electron chi connectivity index (χ4n) is 2.94. The van der Waals surface area contributed by atoms with Crippen molar-refractivity contribution in [3.63, 3.8) is 0 Å². The van der Waals surface area contributed by atoms with Crippen LogP contribution in [0.25, 0.3) is 0 Å². The Kier molecular flexibility index (Phi) is 6.32. The molecule has 0 radical (unpaired) electrons. The number of non-ortho nitro benzene ring substituents is 1. The number of morpholine rings is 1. The summed E-state index contributed by atoms with van der Waals surface area (Å²) in [5.41, 5.74) is 3.53. The van der Waals surface area contributed by atoms with Crippen LogP contribution in [0.2, 0.25) is 0 Å². The van der Waals surface area contributed by atoms with Gasteiger partial charge in [0.1, 0.15) is 5.75 Å². The lowest BCUT2D eigenvalue weighted by Crippen LogP contribution is -2.37. The number of hydrazone groups is 1. The van der Waals surface area contributed by atoms with E-state index in [1.54, 1.807) is 0 Å². The second-order valence-electron chi connectivity index (χ2n) is 6.74. The van der Waals surface area contributed by atoms with Gasteiger partial charge in [0.15, 0.2) is 0 Å². The number of rotatable bonds is 7. The molecule has 1 aromatic heterocycles. The number of aromatic hydroxyl groups is 1. The number of nitrogens with zero attached hydrogens (tertiary/aromatic N) is 6. The molecule has 1 fully saturated rings. The Labute approximate surface area is 182 Å². The zero-order chi connectivity index (χ0) is 22.3. The first-order valence-electron chi connectivity index (χ1n) is 9.76. The predicted octanol–water partition coefficient (Wildman–Crippen LogP) is 2.51. The van der Waals surface area contributed by atoms with Gasteiger partial charge in [0, 0.05) is 36.5 Å². The van der Waals surface area contributed by atoms with E-state index in [-0.39, 0.29) is 22.9 Å². The van der Waals surface area contributed by atoms with Gasteiger partial charge < -0.3 is 20.1 Å². The number of nitrogens with one attached hydrogen (secondary N) is 2. The quantitative estimate of drug-likeness (QED) is 0.286. The Balaban J connectivity index is 1.58. The minimum atomic E-state index is -0.549. The van der Waals surface area contributed by atoms with Crippen LogP contribution in [0.1, 0.15) is 5.56 Å². The fourth-order valence-corrected chi connectivity index (χ4v) is 2.94. The summed E-state index contributed by atoms with van der Waals surface area (Å²) in [6, 6.07) is 13.1. The number of phenols is 1. The predicted molar refractivity (Wildman–Crippen MR) is 119 cm³/mol. The largest absolute Gasteiger partial charge is 0.507 e. The van der Waals surface area contributed by atoms with E-state index in [1.165, 1.54) is 24.4 Å². The third-order valence-corrected chi connectivity index (χ3v) is 4.54. The van der Waals surface area contributed by atoms with E-state index in [2.05, 4.69) is 30.8 Å². The van der Waals surface area contributed by atoms with E-state index in [0.717, 1.165) is 5.69 Å². The third-order valence-electron chi connectivity index (χ3n) is 4.54. The molecule has 3 N–H and O–H groups in total. The van der Waals surface area contributed by atoms with Gasteiger partial charge in [0.25, 0.3) is 5.69 Å². The smallest absolute Gasteiger partial charge is 0.270 e. The summed E-state index contributed by atoms with van der Waals surface area (Å²) in [5.74, 6) is 0.805. The van der Waals surface area contributed by atoms with Crippen LogP contribution in [0, 0.1) is 10.1 Å². The van der Waals surface area contributed by atoms with Crippen molar-refractivity contribution >= 4 is 35.4 Å². The monoisotopic (exact) mass is 436 g/mol. The number of para-hydroxylation sites is 1. The van der Waals surface area contributed by atoms with Crippen LogP contribution in [0.4, 0.5) is 29.2 Å². The normalized spacial score (nSPS) is 13.8. The molecule has 0 bridgehead atoms. The molecule has 12 nitrogen and oxygen atoms in total. The number of benzene rings is 2. The summed E-state index contributed by atoms with van der Waals surface area (Å²) >= 11 is 0. The SMILES string of the molecule is O=[N+]([O-])c1ccc(O)c(C=NNc2nc(Nc3ccccc3)nc(N3CCOCC3)n2)c1. The minimum Gasteiger partial charge on any atom is -0.507 e. The summed E-state index contributed by atoms with van der Waals surface area (Å²) in [6.45, 7) is 2.42. The summed E-state index contributed by atoms with van der Waals surface area (Å²) in [5, 5.41) is 28.0. The second-order valence-corrected chi connectivity index (χ2v) is 6.74. The summed E-state index contributed by atoms with van der Waals surface area (Å²) < 4.78 is 5.39. The minimum absolute atomic E-state index is 0.141. The van der Waals surface area contributed by atoms with Crippen molar-refractivity contribution in [1.29, 1.82) is 0 Å². The maximum atomic E-state index is 11.0. The van der Waals surface area contributed by atoms with E-state index in [0.29, 0.717) is 38.2 Å². The molecule has 1 aliphatic heterocycles. The van der Waals surface area contributed by atoms with Gasteiger partial charge in [0.2, 0.25) is 17.8 Å². The molecule has 4 rings (SSSR count). The van der Waals surface area contributed by atoms with Crippen LogP contribution in [-0.2, 0) is 4.74 Å². The molecule has 0 unspecified atom stereocenters. The van der Waals surface area contributed by atoms with Crippen LogP contribution in [0.3, 0.4) is 0 Å². The molecular weight excluding hydrogens is 416 g/mol. The Morgan fingerprint density at radius 3 is 2.59 bits per heavy atom. The lowest BCUT2D eigenvalue weighted by Gasteiger charge is -2.27. The number of anilines is 4. The van der Waals surface area contributed by atoms with E-state index < -0.39 is 4.92 Å². The van der Waals surface area contributed by atoms with Crippen molar-refractivity contribution in [2.75, 3.05) is 41.9 Å². The highest BCUT2D eigenvalue weighted by Crippen LogP contribution is 2.22. The molecule has 12 heteroatoms. The summed E-state index contributed by atoms with van der Waals surface area (Å²) in [4.78, 5) is 25.6. The van der Waals surface area contributed by atoms with Crippen molar-refractivity contribution < 1.29 is 14.8 Å². The zero-order valence-electron chi connectivity index (χ0n) is 16.9. The van der Waals surface area contributed by atoms with Crippen molar-refractivity contribution in [3.05, 3.63) is 64.2 Å². The van der Waals surface area contributed by atoms with Crippen LogP contribution < -0.4 is 15.6 Å². The molecular formula is C20H20N8O4. The van der Waals surface area contributed by atoms with E-state index in [1.807, 2.05) is 35.2 Å². The highest BCUT2D eigenvalue weighted by molar-refractivity contribution is 5.84. The van der Waals surface area contributed by atoms with Gasteiger partial charge in [-0.25, -0.2) is 5.43 Å². The number of ether oxygens (including phenoxy) is 1. The van der Waals surface area contributed by atoms with E-state index in [9.17, 15) is 15.2 Å². The van der Waals surface area contributed by atoms with Gasteiger partial charge in [-0.1, -0.05) is 18.2 Å². The number of nitro groups is 1. The molecule has 0 aliphatic carbocycles. The molecule has 164 valence electrons. The third kappa shape index (κ3) is 5.23. The van der Waals surface area contributed by atoms with Crippen LogP contribution in [-0.4, -0.2) is 57.5 Å². The maximum absolute atomic E-state index is 11.0. The number of hydrogen-bond donors (Lipinski definition) is 3. The molecule has 0 amide bonds. The first kappa shape index (κ1) is 20.9. The molecule has 32 heavy (non-hydrogen) atoms. The average molecular weight is 436 g/mol. The van der Waals surface area contributed by atoms with Gasteiger partial charge in [-0.15, -0.1) is 0 Å². The Morgan fingerprint density at radius 2 is 1.84 bits per heavy atom. The zero-order valence-corrected chi connectivity index (χ0v) is 16.9. The van der Waals surface area contributed by atoms with Crippen LogP contribution in [0.5, 0.6) is 5.75 Å². The highest BCUT2D eigenvalue weighted by Gasteiger charge is 2.17. The van der Waals surface area contributed by atoms with Crippen molar-refractivity contribution in [3.8, 4) is 5.75 Å². The molecule has 3 aromatic rings. The number of nitro benzene ring substituents is 1. The molecule has 1 saturated heterocycles. The molecule has 0 atom stereocenters. The van der Waals surface area contributed by atoms with Crippen LogP contribution >= 0.6 is 0 Å². The number of phenolic OH excluding ortho intramolecular Hbond substituents is 1. The first-order valence-corrected chi connectivity index (χ1v) is 9.76. The molecule has 0 saturated carbocycles. The molecule has 2 aromatic carbocycles. The van der Waals surface area contributed by atoms with Gasteiger partial charge in [-0.2, -0.15) is 20.1 Å². The van der Waals surface area contributed by atoms with Crippen molar-refractivity contribution in [1.82, 2.24) is 15.0 Å². The molecule has 0 spiro atoms. The number of hydrogen-bond acceptors (Lipinski definition) is 11. The van der Waals surface area contributed by atoms with Gasteiger partial charge in [-0.3, -0.25) is 10.1 Å². The molecule has 1 aliphatic rings. The Bertz CT molecular complexity index is 1120. The van der Waals surface area contributed by atoms with Crippen LogP contribution in [0.15, 0.2) is 53.6 Å². The van der Waals surface area contributed by atoms with Crippen molar-refractivity contribution in [2.24, 2.45) is 5.10 Å². The summed E-state index contributed by atoms with van der Waals surface area (Å²) in [6.07, 6.45) is 1.25. The number of aromatic nitrogens is 3. The highest BCUT2D eigenvalue weighted by atomic mass is 16.6. The molecule has 2 heterocycles. The first-order chi connectivity index (χ1) is 15.6. The topological polar surface area (TPSA) is 151 Å². The van der Waals surface area contributed by atoms with Gasteiger partial charge in [-0.05, 0) is 18.2 Å². The average Bonchev–Trinajstić information content (AvgIpc) is 2.81. The van der Waals surface area contributed by atoms with Crippen molar-refractivity contribution in [2.45, 2.75) is 0 Å². The van der Waals surface area contributed by atoms with Gasteiger partial charge in [0.05, 0.1) is 24.4 Å². The standard InChI is InChI=1S/C20H20N8O4/c29-17-7-6-16(28(30)31)12-14(17)13-21-26-19-23-18(22-15-4-2-1-3-5-15)24-20(25-19)27-8-10-32-11-9-27/h1-7,12-13,29H,8-11H2,(H2,22,23,24,25,26). The fraction of sp³-hybridized carbons (Fsp3) is 0.200. The maximum Gasteiger partial charge on any atom is 0.270 e. The Hall–Kier alpha value is -4.32. The van der Waals surface area contributed by atoms with E-state index >= 15 is 0 Å². The Morgan fingerprint density at radius 1 is 1.09 bits per heavy atom.